The van der Waals surface area contributed by atoms with Gasteiger partial charge in [-0.05, 0) is 0 Å². The number of urea groups is 1. The van der Waals surface area contributed by atoms with Gasteiger partial charge in [-0.15, -0.1) is 0 Å². The molecule has 1 heterocycles. The van der Waals surface area contributed by atoms with Crippen molar-refractivity contribution in [2.45, 2.75) is 0 Å². The van der Waals surface area contributed by atoms with Crippen LogP contribution >= 0.6 is 0 Å². The molecular weight excluding hydrogens is 363 g/mol. The molecule has 1 aliphatic rings. The van der Waals surface area contributed by atoms with E-state index in [1.807, 2.05) is 0 Å². The Bertz CT molecular complexity index is 659. The minimum atomic E-state index is -3.62. The molecule has 0 bridgehead atoms. The second kappa shape index (κ2) is 6.05. The predicted molar refractivity (Wildman–Crippen MR) is 77.4 cm³/mol. The van der Waals surface area contributed by atoms with Gasteiger partial charge in [-0.3, -0.25) is 0 Å². The Morgan fingerprint density at radius 2 is 1.86 bits per heavy atom. The van der Waals surface area contributed by atoms with E-state index in [2.05, 4.69) is 0 Å². The summed E-state index contributed by atoms with van der Waals surface area (Å²) in [5.74, 6) is 0.683. The van der Waals surface area contributed by atoms with Crippen molar-refractivity contribution in [2.24, 2.45) is 0 Å². The average Bonchev–Trinajstić information content (AvgIpc) is 2.81. The third-order valence-electron chi connectivity index (χ3n) is 2.86. The van der Waals surface area contributed by atoms with Crippen LogP contribution < -0.4 is 9.20 Å². The SMILES string of the molecule is COc1ccc([Se]C(=O)N2CCN(S(C)(=O)=O)C2=O)cc1. The molecule has 0 saturated carbocycles. The van der Waals surface area contributed by atoms with Crippen LogP contribution in [0.4, 0.5) is 9.59 Å². The van der Waals surface area contributed by atoms with Gasteiger partial charge in [0.25, 0.3) is 0 Å². The van der Waals surface area contributed by atoms with E-state index >= 15 is 0 Å². The first-order valence-corrected chi connectivity index (χ1v) is 9.54. The van der Waals surface area contributed by atoms with E-state index in [1.165, 1.54) is 0 Å². The van der Waals surface area contributed by atoms with Gasteiger partial charge in [0.1, 0.15) is 0 Å². The fourth-order valence-electron chi connectivity index (χ4n) is 1.79. The van der Waals surface area contributed by atoms with Gasteiger partial charge < -0.3 is 0 Å². The number of nitrogens with zero attached hydrogens (tertiary/aromatic N) is 2. The number of rotatable bonds is 4. The molecule has 9 heteroatoms. The van der Waals surface area contributed by atoms with Gasteiger partial charge in [-0.25, -0.2) is 0 Å². The Kier molecular flexibility index (Phi) is 4.55. The van der Waals surface area contributed by atoms with Crippen molar-refractivity contribution in [2.75, 3.05) is 26.5 Å². The van der Waals surface area contributed by atoms with Crippen LogP contribution in [0.2, 0.25) is 0 Å². The third kappa shape index (κ3) is 3.55. The molecule has 1 aliphatic heterocycles. The van der Waals surface area contributed by atoms with Gasteiger partial charge in [0.15, 0.2) is 0 Å². The number of carbonyl (C=O) groups excluding carboxylic acids is 2. The van der Waals surface area contributed by atoms with Crippen molar-refractivity contribution >= 4 is 40.3 Å². The predicted octanol–water partition coefficient (Wildman–Crippen LogP) is -0.158. The quantitative estimate of drug-likeness (QED) is 0.681. The van der Waals surface area contributed by atoms with Gasteiger partial charge in [-0.2, -0.15) is 0 Å². The van der Waals surface area contributed by atoms with E-state index in [0.29, 0.717) is 5.75 Å². The molecule has 114 valence electrons. The van der Waals surface area contributed by atoms with Crippen LogP contribution in [0.25, 0.3) is 0 Å². The molecule has 1 saturated heterocycles. The van der Waals surface area contributed by atoms with Crippen molar-refractivity contribution in [1.29, 1.82) is 0 Å². The molecule has 0 atom stereocenters. The molecular formula is C12H14N2O5SSe. The van der Waals surface area contributed by atoms with Crippen molar-refractivity contribution in [3.8, 4) is 5.75 Å². The summed E-state index contributed by atoms with van der Waals surface area (Å²) in [5, 5.41) is 0. The summed E-state index contributed by atoms with van der Waals surface area (Å²) in [6.07, 6.45) is 0.952. The number of methoxy groups -OCH3 is 1. The van der Waals surface area contributed by atoms with Crippen molar-refractivity contribution in [3.63, 3.8) is 0 Å². The number of hydrogen-bond acceptors (Lipinski definition) is 5. The molecule has 0 aromatic heterocycles. The summed E-state index contributed by atoms with van der Waals surface area (Å²) in [5.41, 5.74) is 0. The number of imide groups is 1. The van der Waals surface area contributed by atoms with Gasteiger partial charge in [-0.1, -0.05) is 0 Å². The van der Waals surface area contributed by atoms with E-state index in [1.54, 1.807) is 31.4 Å². The maximum atomic E-state index is 12.1. The molecule has 3 amide bonds. The summed E-state index contributed by atoms with van der Waals surface area (Å²) in [6.45, 7) is 0.116. The first-order valence-electron chi connectivity index (χ1n) is 5.98. The van der Waals surface area contributed by atoms with E-state index in [0.717, 1.165) is 19.9 Å². The topological polar surface area (TPSA) is 84.0 Å². The van der Waals surface area contributed by atoms with E-state index in [9.17, 15) is 18.0 Å². The summed E-state index contributed by atoms with van der Waals surface area (Å²) in [7, 11) is -2.07. The Hall–Kier alpha value is -1.57. The van der Waals surface area contributed by atoms with Crippen LogP contribution in [0.1, 0.15) is 0 Å². The molecule has 1 aromatic carbocycles. The zero-order valence-corrected chi connectivity index (χ0v) is 14.0. The van der Waals surface area contributed by atoms with Crippen molar-refractivity contribution in [3.05, 3.63) is 24.3 Å². The van der Waals surface area contributed by atoms with Crippen LogP contribution in [-0.4, -0.2) is 69.9 Å². The summed E-state index contributed by atoms with van der Waals surface area (Å²) >= 11 is -0.588. The number of hydrogen-bond donors (Lipinski definition) is 0. The van der Waals surface area contributed by atoms with Crippen LogP contribution in [-0.2, 0) is 10.0 Å². The second-order valence-electron chi connectivity index (χ2n) is 4.31. The van der Waals surface area contributed by atoms with E-state index < -0.39 is 31.0 Å². The number of sulfonamides is 1. The zero-order valence-electron chi connectivity index (χ0n) is 11.5. The molecule has 7 nitrogen and oxygen atoms in total. The normalized spacial score (nSPS) is 15.4. The first-order chi connectivity index (χ1) is 9.82. The third-order valence-corrected chi connectivity index (χ3v) is 5.89. The standard InChI is InChI=1S/C12H14N2O5SSe/c1-19-9-3-5-10(6-4-9)21-12(16)13-7-8-14(11(13)15)20(2,17)18/h3-6H,7-8H2,1-2H3. The minimum absolute atomic E-state index is 0.0160. The van der Waals surface area contributed by atoms with Gasteiger partial charge >= 0.3 is 129 Å². The average molecular weight is 377 g/mol. The fourth-order valence-corrected chi connectivity index (χ4v) is 4.17. The number of benzene rings is 1. The Morgan fingerprint density at radius 1 is 1.24 bits per heavy atom. The molecule has 21 heavy (non-hydrogen) atoms. The molecule has 0 spiro atoms. The molecule has 0 N–H and O–H groups in total. The molecule has 1 fully saturated rings. The van der Waals surface area contributed by atoms with E-state index in [4.69, 9.17) is 4.74 Å². The zero-order chi connectivity index (χ0) is 15.6. The fraction of sp³-hybridized carbons (Fsp3) is 0.333. The van der Waals surface area contributed by atoms with Crippen LogP contribution in [0.3, 0.4) is 0 Å². The van der Waals surface area contributed by atoms with Crippen LogP contribution in [0.5, 0.6) is 5.75 Å². The molecule has 0 radical (unpaired) electrons. The number of ether oxygens (including phenoxy) is 1. The molecule has 0 unspecified atom stereocenters. The second-order valence-corrected chi connectivity index (χ2v) is 8.37. The maximum absolute atomic E-state index is 12.1. The van der Waals surface area contributed by atoms with Gasteiger partial charge in [0, 0.05) is 0 Å². The summed E-state index contributed by atoms with van der Waals surface area (Å²) < 4.78 is 29.3. The summed E-state index contributed by atoms with van der Waals surface area (Å²) in [4.78, 5) is 24.7. The first kappa shape index (κ1) is 15.8. The molecule has 0 aliphatic carbocycles. The number of carbonyl (C=O) groups is 2. The Labute approximate surface area is 129 Å². The Morgan fingerprint density at radius 3 is 2.33 bits per heavy atom. The van der Waals surface area contributed by atoms with Crippen LogP contribution in [0, 0.1) is 0 Å². The molecule has 1 aromatic rings. The van der Waals surface area contributed by atoms with Crippen molar-refractivity contribution in [1.82, 2.24) is 9.21 Å². The summed E-state index contributed by atoms with van der Waals surface area (Å²) in [6, 6.07) is 6.22. The van der Waals surface area contributed by atoms with Crippen molar-refractivity contribution < 1.29 is 22.7 Å². The monoisotopic (exact) mass is 378 g/mol. The van der Waals surface area contributed by atoms with E-state index in [-0.39, 0.29) is 17.9 Å². The number of amides is 3. The molecule has 2 rings (SSSR count). The van der Waals surface area contributed by atoms with Crippen LogP contribution in [0.15, 0.2) is 24.3 Å². The van der Waals surface area contributed by atoms with Gasteiger partial charge in [0.05, 0.1) is 0 Å². The van der Waals surface area contributed by atoms with Gasteiger partial charge in [0.2, 0.25) is 0 Å². The Balaban J connectivity index is 2.05.